The van der Waals surface area contributed by atoms with Crippen LogP contribution in [0.5, 0.6) is 5.75 Å². The van der Waals surface area contributed by atoms with E-state index in [2.05, 4.69) is 41.3 Å². The van der Waals surface area contributed by atoms with Crippen LogP contribution in [0.15, 0.2) is 17.0 Å². The van der Waals surface area contributed by atoms with Gasteiger partial charge >= 0.3 is 0 Å². The van der Waals surface area contributed by atoms with Crippen LogP contribution in [-0.4, -0.2) is 7.11 Å². The number of methoxy groups -OCH3 is 1. The minimum Gasteiger partial charge on any atom is -0.496 e. The fourth-order valence-electron chi connectivity index (χ4n) is 0.798. The zero-order chi connectivity index (χ0) is 9.14. The quantitative estimate of drug-likeness (QED) is 0.637. The molecule has 62 valence electrons. The molecule has 0 N–H and O–H groups in total. The van der Waals surface area contributed by atoms with Crippen LogP contribution >= 0.6 is 35.2 Å². The smallest absolute Gasteiger partial charge is 0.133 e. The van der Waals surface area contributed by atoms with Crippen LogP contribution < -0.4 is 4.74 Å². The highest BCUT2D eigenvalue weighted by atomic mass is 127. The second kappa shape index (κ2) is 4.01. The molecule has 0 amide bonds. The van der Waals surface area contributed by atoms with E-state index in [1.807, 2.05) is 0 Å². The number of hydrogen-bond donors (Lipinski definition) is 1. The Bertz CT molecular complexity index is 346. The molecule has 0 heterocycles. The van der Waals surface area contributed by atoms with E-state index in [-0.39, 0.29) is 0 Å². The maximum atomic E-state index is 8.68. The molecule has 0 unspecified atom stereocenters. The van der Waals surface area contributed by atoms with E-state index in [9.17, 15) is 0 Å². The van der Waals surface area contributed by atoms with Crippen molar-refractivity contribution in [3.63, 3.8) is 0 Å². The van der Waals surface area contributed by atoms with Gasteiger partial charge in [0.05, 0.1) is 17.6 Å². The van der Waals surface area contributed by atoms with E-state index >= 15 is 0 Å². The summed E-state index contributed by atoms with van der Waals surface area (Å²) in [7, 11) is 1.58. The number of hydrogen-bond acceptors (Lipinski definition) is 3. The molecule has 2 nitrogen and oxygen atoms in total. The Morgan fingerprint density at radius 3 is 2.75 bits per heavy atom. The number of nitriles is 1. The fourth-order valence-corrected chi connectivity index (χ4v) is 1.65. The lowest BCUT2D eigenvalue weighted by molar-refractivity contribution is 0.404. The van der Waals surface area contributed by atoms with Crippen molar-refractivity contribution in [3.05, 3.63) is 21.3 Å². The largest absolute Gasteiger partial charge is 0.496 e. The molecule has 0 atom stereocenters. The molecule has 0 saturated heterocycles. The molecule has 4 heteroatoms. The summed E-state index contributed by atoms with van der Waals surface area (Å²) in [6.07, 6.45) is 0. The van der Waals surface area contributed by atoms with Crippen molar-refractivity contribution in [1.82, 2.24) is 0 Å². The molecule has 12 heavy (non-hydrogen) atoms. The summed E-state index contributed by atoms with van der Waals surface area (Å²) in [5.74, 6) is 0.696. The van der Waals surface area contributed by atoms with Gasteiger partial charge in [0.15, 0.2) is 0 Å². The normalized spacial score (nSPS) is 9.17. The zero-order valence-electron chi connectivity index (χ0n) is 6.34. The average Bonchev–Trinajstić information content (AvgIpc) is 2.10. The molecule has 0 saturated carbocycles. The summed E-state index contributed by atoms with van der Waals surface area (Å²) >= 11 is 6.31. The van der Waals surface area contributed by atoms with Crippen molar-refractivity contribution >= 4 is 35.2 Å². The van der Waals surface area contributed by atoms with Crippen LogP contribution in [0, 0.1) is 14.9 Å². The molecule has 0 aliphatic carbocycles. The third-order valence-electron chi connectivity index (χ3n) is 1.42. The summed E-state index contributed by atoms with van der Waals surface area (Å²) < 4.78 is 5.87. The van der Waals surface area contributed by atoms with Crippen molar-refractivity contribution in [3.8, 4) is 11.8 Å². The SMILES string of the molecule is COc1ccc(C#N)c(I)c1S. The topological polar surface area (TPSA) is 33.0 Å². The molecule has 0 bridgehead atoms. The van der Waals surface area contributed by atoms with Crippen LogP contribution in [0.4, 0.5) is 0 Å². The van der Waals surface area contributed by atoms with Crippen LogP contribution in [0.25, 0.3) is 0 Å². The second-order valence-electron chi connectivity index (χ2n) is 2.09. The number of rotatable bonds is 1. The van der Waals surface area contributed by atoms with E-state index in [1.165, 1.54) is 0 Å². The van der Waals surface area contributed by atoms with E-state index in [1.54, 1.807) is 19.2 Å². The minimum absolute atomic E-state index is 0.626. The monoisotopic (exact) mass is 291 g/mol. The first-order valence-electron chi connectivity index (χ1n) is 3.16. The number of ether oxygens (including phenoxy) is 1. The highest BCUT2D eigenvalue weighted by Gasteiger charge is 2.07. The van der Waals surface area contributed by atoms with Crippen LogP contribution in [0.2, 0.25) is 0 Å². The van der Waals surface area contributed by atoms with Gasteiger partial charge in [-0.3, -0.25) is 0 Å². The minimum atomic E-state index is 0.626. The van der Waals surface area contributed by atoms with E-state index in [4.69, 9.17) is 10.00 Å². The van der Waals surface area contributed by atoms with Crippen LogP contribution in [0.1, 0.15) is 5.56 Å². The Labute approximate surface area is 90.1 Å². The lowest BCUT2D eigenvalue weighted by Crippen LogP contribution is -1.89. The van der Waals surface area contributed by atoms with Crippen molar-refractivity contribution in [2.75, 3.05) is 7.11 Å². The third kappa shape index (κ3) is 1.67. The van der Waals surface area contributed by atoms with Gasteiger partial charge in [0.2, 0.25) is 0 Å². The Hall–Kier alpha value is -0.410. The first-order valence-corrected chi connectivity index (χ1v) is 4.69. The highest BCUT2D eigenvalue weighted by molar-refractivity contribution is 14.1. The van der Waals surface area contributed by atoms with E-state index in [0.717, 1.165) is 8.47 Å². The number of halogens is 1. The molecule has 0 aliphatic rings. The van der Waals surface area contributed by atoms with Gasteiger partial charge < -0.3 is 4.74 Å². The molecule has 0 fully saturated rings. The predicted molar refractivity (Wildman–Crippen MR) is 57.7 cm³/mol. The molecule has 1 aromatic carbocycles. The van der Waals surface area contributed by atoms with Crippen LogP contribution in [-0.2, 0) is 0 Å². The van der Waals surface area contributed by atoms with Gasteiger partial charge in [0, 0.05) is 3.57 Å². The zero-order valence-corrected chi connectivity index (χ0v) is 9.39. The summed E-state index contributed by atoms with van der Waals surface area (Å²) in [4.78, 5) is 0.720. The van der Waals surface area contributed by atoms with Gasteiger partial charge in [-0.1, -0.05) is 0 Å². The molecule has 0 aliphatic heterocycles. The molecular formula is C8H6INOS. The maximum Gasteiger partial charge on any atom is 0.133 e. The van der Waals surface area contributed by atoms with Crippen molar-refractivity contribution in [1.29, 1.82) is 5.26 Å². The molecular weight excluding hydrogens is 285 g/mol. The standard InChI is InChI=1S/C8H6INOS/c1-11-6-3-2-5(4-10)7(9)8(6)12/h2-3,12H,1H3. The predicted octanol–water partition coefficient (Wildman–Crippen LogP) is 2.46. The summed E-state index contributed by atoms with van der Waals surface area (Å²) in [6, 6.07) is 5.54. The molecule has 0 aromatic heterocycles. The number of benzene rings is 1. The Kier molecular flexibility index (Phi) is 3.23. The summed E-state index contributed by atoms with van der Waals surface area (Å²) in [5.41, 5.74) is 0.626. The second-order valence-corrected chi connectivity index (χ2v) is 3.62. The van der Waals surface area contributed by atoms with Gasteiger partial charge in [-0.25, -0.2) is 0 Å². The first kappa shape index (κ1) is 9.68. The van der Waals surface area contributed by atoms with Gasteiger partial charge in [-0.05, 0) is 34.7 Å². The summed E-state index contributed by atoms with van der Waals surface area (Å²) in [5, 5.41) is 8.68. The summed E-state index contributed by atoms with van der Waals surface area (Å²) in [6.45, 7) is 0. The van der Waals surface area contributed by atoms with E-state index in [0.29, 0.717) is 11.3 Å². The third-order valence-corrected chi connectivity index (χ3v) is 3.41. The molecule has 0 spiro atoms. The lowest BCUT2D eigenvalue weighted by Gasteiger charge is -2.05. The Morgan fingerprint density at radius 1 is 1.58 bits per heavy atom. The highest BCUT2D eigenvalue weighted by Crippen LogP contribution is 2.29. The molecule has 0 radical (unpaired) electrons. The molecule has 1 rings (SSSR count). The van der Waals surface area contributed by atoms with Gasteiger partial charge in [-0.2, -0.15) is 5.26 Å². The maximum absolute atomic E-state index is 8.68. The van der Waals surface area contributed by atoms with Crippen molar-refractivity contribution in [2.24, 2.45) is 0 Å². The molecule has 1 aromatic rings. The van der Waals surface area contributed by atoms with Crippen LogP contribution in [0.3, 0.4) is 0 Å². The van der Waals surface area contributed by atoms with Crippen molar-refractivity contribution < 1.29 is 4.74 Å². The Morgan fingerprint density at radius 2 is 2.25 bits per heavy atom. The first-order chi connectivity index (χ1) is 5.70. The number of nitrogens with zero attached hydrogens (tertiary/aromatic N) is 1. The average molecular weight is 291 g/mol. The fraction of sp³-hybridized carbons (Fsp3) is 0.125. The van der Waals surface area contributed by atoms with Gasteiger partial charge in [0.25, 0.3) is 0 Å². The van der Waals surface area contributed by atoms with E-state index < -0.39 is 0 Å². The van der Waals surface area contributed by atoms with Crippen molar-refractivity contribution in [2.45, 2.75) is 4.90 Å². The van der Waals surface area contributed by atoms with Gasteiger partial charge in [0.1, 0.15) is 11.8 Å². The Balaban J connectivity index is 3.32. The number of thiol groups is 1. The van der Waals surface area contributed by atoms with Gasteiger partial charge in [-0.15, -0.1) is 12.6 Å². The lowest BCUT2D eigenvalue weighted by atomic mass is 10.2.